The van der Waals surface area contributed by atoms with Crippen LogP contribution in [0, 0.1) is 5.92 Å². The van der Waals surface area contributed by atoms with E-state index in [1.165, 1.54) is 5.56 Å². The van der Waals surface area contributed by atoms with Crippen molar-refractivity contribution in [2.45, 2.75) is 45.8 Å². The summed E-state index contributed by atoms with van der Waals surface area (Å²) in [4.78, 5) is 0. The molecule has 0 heterocycles. The van der Waals surface area contributed by atoms with Gasteiger partial charge in [0, 0.05) is 6.04 Å². The maximum absolute atomic E-state index is 9.49. The van der Waals surface area contributed by atoms with Crippen molar-refractivity contribution < 1.29 is 14.6 Å². The lowest BCUT2D eigenvalue weighted by Crippen LogP contribution is -2.42. The molecule has 0 amide bonds. The van der Waals surface area contributed by atoms with Gasteiger partial charge >= 0.3 is 0 Å². The molecule has 2 unspecified atom stereocenters. The average Bonchev–Trinajstić information content (AvgIpc) is 2.43. The number of hydrogen-bond acceptors (Lipinski definition) is 4. The first-order chi connectivity index (χ1) is 9.51. The Morgan fingerprint density at radius 2 is 1.95 bits per heavy atom. The number of hydrogen-bond donors (Lipinski definition) is 2. The van der Waals surface area contributed by atoms with Crippen LogP contribution in [0.2, 0.25) is 0 Å². The standard InChI is InChI=1S/C16H27NO3/c1-5-12-6-7-14(15(9-12)19-4)20-16(10-18)13(17)8-11(2)3/h6-7,9,11,13,16,18H,5,8,10,17H2,1-4H3. The van der Waals surface area contributed by atoms with Gasteiger partial charge in [-0.3, -0.25) is 0 Å². The topological polar surface area (TPSA) is 64.7 Å². The SMILES string of the molecule is CCc1ccc(OC(CO)C(N)CC(C)C)c(OC)c1. The summed E-state index contributed by atoms with van der Waals surface area (Å²) in [5.41, 5.74) is 7.28. The van der Waals surface area contributed by atoms with Crippen molar-refractivity contribution in [2.24, 2.45) is 11.7 Å². The highest BCUT2D eigenvalue weighted by Gasteiger charge is 2.21. The second-order valence-electron chi connectivity index (χ2n) is 5.47. The van der Waals surface area contributed by atoms with Gasteiger partial charge in [-0.1, -0.05) is 26.8 Å². The molecular formula is C16H27NO3. The van der Waals surface area contributed by atoms with Crippen molar-refractivity contribution in [3.8, 4) is 11.5 Å². The predicted molar refractivity (Wildman–Crippen MR) is 81.3 cm³/mol. The van der Waals surface area contributed by atoms with E-state index in [1.54, 1.807) is 7.11 Å². The highest BCUT2D eigenvalue weighted by Crippen LogP contribution is 2.29. The molecule has 1 aromatic rings. The molecule has 0 spiro atoms. The van der Waals surface area contributed by atoms with Gasteiger partial charge in [-0.25, -0.2) is 0 Å². The summed E-state index contributed by atoms with van der Waals surface area (Å²) in [6.07, 6.45) is 1.33. The Morgan fingerprint density at radius 1 is 1.25 bits per heavy atom. The van der Waals surface area contributed by atoms with Crippen molar-refractivity contribution in [3.63, 3.8) is 0 Å². The van der Waals surface area contributed by atoms with Crippen LogP contribution in [0.1, 0.15) is 32.8 Å². The minimum absolute atomic E-state index is 0.105. The zero-order valence-corrected chi connectivity index (χ0v) is 12.9. The van der Waals surface area contributed by atoms with E-state index in [2.05, 4.69) is 20.8 Å². The Kier molecular flexibility index (Phi) is 6.82. The number of ether oxygens (including phenoxy) is 2. The number of aryl methyl sites for hydroxylation is 1. The molecule has 0 saturated carbocycles. The lowest BCUT2D eigenvalue weighted by molar-refractivity contribution is 0.0855. The number of rotatable bonds is 8. The molecule has 1 rings (SSSR count). The number of methoxy groups -OCH3 is 1. The van der Waals surface area contributed by atoms with Crippen LogP contribution in [-0.2, 0) is 6.42 Å². The van der Waals surface area contributed by atoms with E-state index >= 15 is 0 Å². The van der Waals surface area contributed by atoms with Crippen LogP contribution >= 0.6 is 0 Å². The molecule has 4 heteroatoms. The van der Waals surface area contributed by atoms with E-state index in [0.717, 1.165) is 12.8 Å². The van der Waals surface area contributed by atoms with Crippen LogP contribution in [0.5, 0.6) is 11.5 Å². The second kappa shape index (κ2) is 8.12. The molecule has 1 aromatic carbocycles. The van der Waals surface area contributed by atoms with Gasteiger partial charge in [0.05, 0.1) is 13.7 Å². The van der Waals surface area contributed by atoms with Gasteiger partial charge in [-0.2, -0.15) is 0 Å². The molecule has 0 radical (unpaired) electrons. The van der Waals surface area contributed by atoms with E-state index in [4.69, 9.17) is 15.2 Å². The number of aliphatic hydroxyl groups is 1. The van der Waals surface area contributed by atoms with Crippen LogP contribution in [0.4, 0.5) is 0 Å². The molecule has 2 atom stereocenters. The van der Waals surface area contributed by atoms with Crippen molar-refractivity contribution in [1.29, 1.82) is 0 Å². The van der Waals surface area contributed by atoms with E-state index in [1.807, 2.05) is 18.2 Å². The third-order valence-corrected chi connectivity index (χ3v) is 3.32. The van der Waals surface area contributed by atoms with Crippen LogP contribution in [0.25, 0.3) is 0 Å². The summed E-state index contributed by atoms with van der Waals surface area (Å²) in [6.45, 7) is 6.19. The van der Waals surface area contributed by atoms with Crippen LogP contribution in [0.15, 0.2) is 18.2 Å². The molecule has 0 aliphatic carbocycles. The number of aliphatic hydroxyl groups excluding tert-OH is 1. The minimum Gasteiger partial charge on any atom is -0.493 e. The molecule has 20 heavy (non-hydrogen) atoms. The Labute approximate surface area is 121 Å². The monoisotopic (exact) mass is 281 g/mol. The van der Waals surface area contributed by atoms with Crippen molar-refractivity contribution >= 4 is 0 Å². The van der Waals surface area contributed by atoms with Crippen molar-refractivity contribution in [3.05, 3.63) is 23.8 Å². The fraction of sp³-hybridized carbons (Fsp3) is 0.625. The maximum Gasteiger partial charge on any atom is 0.161 e. The smallest absolute Gasteiger partial charge is 0.161 e. The first kappa shape index (κ1) is 16.8. The first-order valence-electron chi connectivity index (χ1n) is 7.21. The molecule has 3 N–H and O–H groups in total. The minimum atomic E-state index is -0.418. The third-order valence-electron chi connectivity index (χ3n) is 3.32. The fourth-order valence-electron chi connectivity index (χ4n) is 2.15. The van der Waals surface area contributed by atoms with Crippen molar-refractivity contribution in [2.75, 3.05) is 13.7 Å². The van der Waals surface area contributed by atoms with Crippen molar-refractivity contribution in [1.82, 2.24) is 0 Å². The third kappa shape index (κ3) is 4.69. The lowest BCUT2D eigenvalue weighted by atomic mass is 10.0. The average molecular weight is 281 g/mol. The molecule has 0 bridgehead atoms. The summed E-state index contributed by atoms with van der Waals surface area (Å²) in [5.74, 6) is 1.77. The van der Waals surface area contributed by atoms with Crippen LogP contribution in [0.3, 0.4) is 0 Å². The Hall–Kier alpha value is -1.26. The van der Waals surface area contributed by atoms with Crippen LogP contribution in [-0.4, -0.2) is 31.0 Å². The lowest BCUT2D eigenvalue weighted by Gasteiger charge is -2.25. The van der Waals surface area contributed by atoms with E-state index in [9.17, 15) is 5.11 Å². The second-order valence-corrected chi connectivity index (χ2v) is 5.47. The van der Waals surface area contributed by atoms with Gasteiger partial charge in [0.15, 0.2) is 11.5 Å². The van der Waals surface area contributed by atoms with E-state index in [0.29, 0.717) is 17.4 Å². The van der Waals surface area contributed by atoms with Gasteiger partial charge in [0.1, 0.15) is 6.10 Å². The highest BCUT2D eigenvalue weighted by molar-refractivity contribution is 5.43. The molecular weight excluding hydrogens is 254 g/mol. The molecule has 0 aromatic heterocycles. The highest BCUT2D eigenvalue weighted by atomic mass is 16.5. The summed E-state index contributed by atoms with van der Waals surface area (Å²) >= 11 is 0. The summed E-state index contributed by atoms with van der Waals surface area (Å²) < 4.78 is 11.2. The Bertz CT molecular complexity index is 407. The van der Waals surface area contributed by atoms with E-state index < -0.39 is 6.10 Å². The molecule has 0 fully saturated rings. The molecule has 114 valence electrons. The zero-order chi connectivity index (χ0) is 15.1. The zero-order valence-electron chi connectivity index (χ0n) is 12.9. The van der Waals surface area contributed by atoms with Crippen LogP contribution < -0.4 is 15.2 Å². The maximum atomic E-state index is 9.49. The van der Waals surface area contributed by atoms with E-state index in [-0.39, 0.29) is 12.6 Å². The molecule has 0 aliphatic heterocycles. The Morgan fingerprint density at radius 3 is 2.45 bits per heavy atom. The number of nitrogens with two attached hydrogens (primary N) is 1. The van der Waals surface area contributed by atoms with Gasteiger partial charge in [-0.15, -0.1) is 0 Å². The molecule has 4 nitrogen and oxygen atoms in total. The van der Waals surface area contributed by atoms with Gasteiger partial charge in [0.25, 0.3) is 0 Å². The Balaban J connectivity index is 2.83. The normalized spacial score (nSPS) is 14.2. The van der Waals surface area contributed by atoms with Gasteiger partial charge < -0.3 is 20.3 Å². The largest absolute Gasteiger partial charge is 0.493 e. The van der Waals surface area contributed by atoms with Gasteiger partial charge in [-0.05, 0) is 36.5 Å². The molecule has 0 aliphatic rings. The fourth-order valence-corrected chi connectivity index (χ4v) is 2.15. The summed E-state index contributed by atoms with van der Waals surface area (Å²) in [5, 5.41) is 9.49. The predicted octanol–water partition coefficient (Wildman–Crippen LogP) is 2.37. The first-order valence-corrected chi connectivity index (χ1v) is 7.21. The number of benzene rings is 1. The summed E-state index contributed by atoms with van der Waals surface area (Å²) in [6, 6.07) is 5.64. The van der Waals surface area contributed by atoms with Gasteiger partial charge in [0.2, 0.25) is 0 Å². The molecule has 0 saturated heterocycles. The summed E-state index contributed by atoms with van der Waals surface area (Å²) in [7, 11) is 1.61. The quantitative estimate of drug-likeness (QED) is 0.768.